The van der Waals surface area contributed by atoms with Gasteiger partial charge in [0.25, 0.3) is 0 Å². The van der Waals surface area contributed by atoms with E-state index in [2.05, 4.69) is 11.1 Å². The largest absolute Gasteiger partial charge is 0.375 e. The molecule has 0 bridgehead atoms. The molecule has 0 spiro atoms. The summed E-state index contributed by atoms with van der Waals surface area (Å²) in [5.74, 6) is 0.631. The molecular formula is C14H13N3S. The fourth-order valence-corrected chi connectivity index (χ4v) is 3.02. The van der Waals surface area contributed by atoms with Crippen molar-refractivity contribution in [2.24, 2.45) is 0 Å². The Labute approximate surface area is 110 Å². The van der Waals surface area contributed by atoms with E-state index >= 15 is 0 Å². The molecular weight excluding hydrogens is 242 g/mol. The van der Waals surface area contributed by atoms with Gasteiger partial charge in [-0.15, -0.1) is 11.3 Å². The Bertz CT molecular complexity index is 603. The van der Waals surface area contributed by atoms with E-state index in [0.717, 1.165) is 6.42 Å². The van der Waals surface area contributed by atoms with Gasteiger partial charge in [0.2, 0.25) is 0 Å². The third-order valence-corrected chi connectivity index (χ3v) is 4.06. The van der Waals surface area contributed by atoms with E-state index in [1.54, 1.807) is 11.3 Å². The number of nitriles is 1. The van der Waals surface area contributed by atoms with Crippen LogP contribution in [0.4, 0.5) is 5.13 Å². The fraction of sp³-hybridized carbons (Fsp3) is 0.286. The highest BCUT2D eigenvalue weighted by atomic mass is 32.1. The van der Waals surface area contributed by atoms with Crippen molar-refractivity contribution in [2.75, 3.05) is 5.73 Å². The fourth-order valence-electron chi connectivity index (χ4n) is 2.07. The second kappa shape index (κ2) is 4.43. The van der Waals surface area contributed by atoms with E-state index in [-0.39, 0.29) is 0 Å². The molecule has 2 aromatic rings. The molecule has 0 unspecified atom stereocenters. The number of rotatable bonds is 3. The quantitative estimate of drug-likeness (QED) is 0.916. The number of aromatic nitrogens is 1. The van der Waals surface area contributed by atoms with Crippen molar-refractivity contribution in [1.29, 1.82) is 5.26 Å². The lowest BCUT2D eigenvalue weighted by Crippen LogP contribution is -1.91. The van der Waals surface area contributed by atoms with E-state index in [1.807, 2.05) is 24.3 Å². The summed E-state index contributed by atoms with van der Waals surface area (Å²) in [4.78, 5) is 5.72. The number of hydrogen-bond donors (Lipinski definition) is 1. The predicted molar refractivity (Wildman–Crippen MR) is 72.5 cm³/mol. The van der Waals surface area contributed by atoms with E-state index in [0.29, 0.717) is 16.6 Å². The minimum Gasteiger partial charge on any atom is -0.375 e. The van der Waals surface area contributed by atoms with E-state index in [9.17, 15) is 0 Å². The second-order valence-corrected chi connectivity index (χ2v) is 5.74. The van der Waals surface area contributed by atoms with Gasteiger partial charge in [0, 0.05) is 17.2 Å². The van der Waals surface area contributed by atoms with Gasteiger partial charge in [-0.25, -0.2) is 4.98 Å². The molecule has 1 aromatic carbocycles. The van der Waals surface area contributed by atoms with Crippen LogP contribution in [0.2, 0.25) is 0 Å². The van der Waals surface area contributed by atoms with Crippen molar-refractivity contribution in [2.45, 2.75) is 25.2 Å². The number of nitrogens with two attached hydrogens (primary N) is 1. The summed E-state index contributed by atoms with van der Waals surface area (Å²) < 4.78 is 0. The van der Waals surface area contributed by atoms with Crippen LogP contribution in [0.25, 0.3) is 0 Å². The van der Waals surface area contributed by atoms with Crippen molar-refractivity contribution in [3.63, 3.8) is 0 Å². The normalized spacial score (nSPS) is 14.4. The van der Waals surface area contributed by atoms with Gasteiger partial charge < -0.3 is 5.73 Å². The number of nitrogens with zero attached hydrogens (tertiary/aromatic N) is 2. The monoisotopic (exact) mass is 255 g/mol. The highest BCUT2D eigenvalue weighted by Crippen LogP contribution is 2.43. The summed E-state index contributed by atoms with van der Waals surface area (Å²) in [5, 5.41) is 9.44. The molecule has 0 aliphatic heterocycles. The first-order valence-electron chi connectivity index (χ1n) is 6.00. The Hall–Kier alpha value is -1.86. The van der Waals surface area contributed by atoms with Gasteiger partial charge in [0.1, 0.15) is 0 Å². The Kier molecular flexibility index (Phi) is 2.77. The summed E-state index contributed by atoms with van der Waals surface area (Å²) >= 11 is 1.59. The van der Waals surface area contributed by atoms with Crippen LogP contribution in [0.5, 0.6) is 0 Å². The Morgan fingerprint density at radius 2 is 2.06 bits per heavy atom. The SMILES string of the molecule is N#Cc1ccc(Cc2sc(N)nc2C2CC2)cc1. The van der Waals surface area contributed by atoms with Crippen LogP contribution in [-0.4, -0.2) is 4.98 Å². The summed E-state index contributed by atoms with van der Waals surface area (Å²) in [6.45, 7) is 0. The maximum absolute atomic E-state index is 8.77. The summed E-state index contributed by atoms with van der Waals surface area (Å²) in [7, 11) is 0. The first-order valence-corrected chi connectivity index (χ1v) is 6.82. The zero-order valence-corrected chi connectivity index (χ0v) is 10.7. The third kappa shape index (κ3) is 2.22. The van der Waals surface area contributed by atoms with Gasteiger partial charge in [0.05, 0.1) is 17.3 Å². The Morgan fingerprint density at radius 3 is 2.67 bits per heavy atom. The first kappa shape index (κ1) is 11.2. The summed E-state index contributed by atoms with van der Waals surface area (Å²) in [6.07, 6.45) is 3.35. The molecule has 0 saturated heterocycles. The maximum Gasteiger partial charge on any atom is 0.180 e. The molecule has 1 aliphatic rings. The van der Waals surface area contributed by atoms with Gasteiger partial charge in [-0.05, 0) is 30.5 Å². The van der Waals surface area contributed by atoms with Crippen LogP contribution in [0, 0.1) is 11.3 Å². The van der Waals surface area contributed by atoms with E-state index in [4.69, 9.17) is 11.0 Å². The average molecular weight is 255 g/mol. The minimum atomic E-state index is 0.631. The predicted octanol–water partition coefficient (Wildman–Crippen LogP) is 3.07. The number of thiazole rings is 1. The van der Waals surface area contributed by atoms with Gasteiger partial charge in [0.15, 0.2) is 5.13 Å². The van der Waals surface area contributed by atoms with Gasteiger partial charge in [-0.3, -0.25) is 0 Å². The van der Waals surface area contributed by atoms with Crippen LogP contribution in [0.15, 0.2) is 24.3 Å². The molecule has 0 radical (unpaired) electrons. The average Bonchev–Trinajstić information content (AvgIpc) is 3.15. The Morgan fingerprint density at radius 1 is 1.33 bits per heavy atom. The summed E-state index contributed by atoms with van der Waals surface area (Å²) in [5.41, 5.74) is 8.91. The number of benzene rings is 1. The molecule has 0 atom stereocenters. The maximum atomic E-state index is 8.77. The van der Waals surface area contributed by atoms with Crippen LogP contribution in [0.3, 0.4) is 0 Å². The molecule has 1 fully saturated rings. The van der Waals surface area contributed by atoms with E-state index < -0.39 is 0 Å². The smallest absolute Gasteiger partial charge is 0.180 e. The van der Waals surface area contributed by atoms with Crippen molar-refractivity contribution in [3.05, 3.63) is 46.0 Å². The lowest BCUT2D eigenvalue weighted by molar-refractivity contribution is 1.01. The van der Waals surface area contributed by atoms with E-state index in [1.165, 1.54) is 29.0 Å². The Balaban J connectivity index is 1.85. The molecule has 4 heteroatoms. The zero-order chi connectivity index (χ0) is 12.5. The standard InChI is InChI=1S/C14H13N3S/c15-8-10-3-1-9(2-4-10)7-12-13(11-5-6-11)17-14(16)18-12/h1-4,11H,5-7H2,(H2,16,17). The van der Waals surface area contributed by atoms with Crippen LogP contribution in [-0.2, 0) is 6.42 Å². The van der Waals surface area contributed by atoms with Crippen LogP contribution in [0.1, 0.15) is 40.5 Å². The lowest BCUT2D eigenvalue weighted by atomic mass is 10.1. The van der Waals surface area contributed by atoms with Crippen molar-refractivity contribution in [3.8, 4) is 6.07 Å². The van der Waals surface area contributed by atoms with Crippen LogP contribution >= 0.6 is 11.3 Å². The molecule has 2 N–H and O–H groups in total. The molecule has 1 saturated carbocycles. The molecule has 1 aliphatic carbocycles. The van der Waals surface area contributed by atoms with Crippen molar-refractivity contribution >= 4 is 16.5 Å². The zero-order valence-electron chi connectivity index (χ0n) is 9.89. The lowest BCUT2D eigenvalue weighted by Gasteiger charge is -2.01. The minimum absolute atomic E-state index is 0.631. The van der Waals surface area contributed by atoms with Gasteiger partial charge in [-0.2, -0.15) is 5.26 Å². The number of hydrogen-bond acceptors (Lipinski definition) is 4. The molecule has 0 amide bonds. The molecule has 3 rings (SSSR count). The van der Waals surface area contributed by atoms with Gasteiger partial charge in [-0.1, -0.05) is 12.1 Å². The topological polar surface area (TPSA) is 62.7 Å². The van der Waals surface area contributed by atoms with Gasteiger partial charge >= 0.3 is 0 Å². The number of nitrogen functional groups attached to an aromatic ring is 1. The second-order valence-electron chi connectivity index (χ2n) is 4.62. The molecule has 90 valence electrons. The number of anilines is 1. The molecule has 18 heavy (non-hydrogen) atoms. The van der Waals surface area contributed by atoms with Crippen molar-refractivity contribution in [1.82, 2.24) is 4.98 Å². The molecule has 3 nitrogen and oxygen atoms in total. The highest BCUT2D eigenvalue weighted by Gasteiger charge is 2.29. The first-order chi connectivity index (χ1) is 8.76. The highest BCUT2D eigenvalue weighted by molar-refractivity contribution is 7.15. The molecule has 1 aromatic heterocycles. The van der Waals surface area contributed by atoms with Crippen molar-refractivity contribution < 1.29 is 0 Å². The summed E-state index contributed by atoms with van der Waals surface area (Å²) in [6, 6.07) is 9.86. The third-order valence-electron chi connectivity index (χ3n) is 3.16. The molecule has 1 heterocycles. The van der Waals surface area contributed by atoms with Crippen LogP contribution < -0.4 is 5.73 Å².